The lowest BCUT2D eigenvalue weighted by atomic mass is 10.2. The van der Waals surface area contributed by atoms with Gasteiger partial charge >= 0.3 is 0 Å². The van der Waals surface area contributed by atoms with Crippen molar-refractivity contribution in [2.75, 3.05) is 0 Å². The molecule has 0 aliphatic rings. The summed E-state index contributed by atoms with van der Waals surface area (Å²) in [7, 11) is 0. The van der Waals surface area contributed by atoms with E-state index in [1.807, 2.05) is 0 Å². The Morgan fingerprint density at radius 1 is 1.54 bits per heavy atom. The second kappa shape index (κ2) is 4.13. The molecule has 13 heavy (non-hydrogen) atoms. The van der Waals surface area contributed by atoms with E-state index in [-0.39, 0.29) is 15.9 Å². The first-order chi connectivity index (χ1) is 6.16. The van der Waals surface area contributed by atoms with Crippen LogP contribution in [0.5, 0.6) is 0 Å². The zero-order valence-corrected chi connectivity index (χ0v) is 8.06. The summed E-state index contributed by atoms with van der Waals surface area (Å²) >= 11 is 2.98. The molecule has 0 aromatic heterocycles. The third kappa shape index (κ3) is 2.12. The van der Waals surface area contributed by atoms with E-state index in [4.69, 9.17) is 10.8 Å². The van der Waals surface area contributed by atoms with Gasteiger partial charge in [0.05, 0.1) is 10.0 Å². The van der Waals surface area contributed by atoms with E-state index in [0.29, 0.717) is 6.40 Å². The second-order valence-electron chi connectivity index (χ2n) is 2.17. The molecule has 0 spiro atoms. The molecule has 0 saturated carbocycles. The van der Waals surface area contributed by atoms with Crippen LogP contribution in [-0.2, 0) is 4.74 Å². The lowest BCUT2D eigenvalue weighted by Crippen LogP contribution is -2.06. The van der Waals surface area contributed by atoms with Crippen LogP contribution in [0, 0.1) is 16.6 Å². The van der Waals surface area contributed by atoms with Crippen LogP contribution in [0.3, 0.4) is 0 Å². The summed E-state index contributed by atoms with van der Waals surface area (Å²) in [6.45, 7) is 0. The van der Waals surface area contributed by atoms with Crippen LogP contribution < -0.4 is 0 Å². The monoisotopic (exact) mass is 244 g/mol. The fraction of sp³-hybridized carbons (Fsp3) is 0. The predicted molar refractivity (Wildman–Crippen MR) is 50.8 cm³/mol. The quantitative estimate of drug-likeness (QED) is 0.610. The van der Waals surface area contributed by atoms with Crippen molar-refractivity contribution in [3.63, 3.8) is 0 Å². The fourth-order valence-corrected chi connectivity index (χ4v) is 1.17. The Labute approximate surface area is 82.7 Å². The summed E-state index contributed by atoms with van der Waals surface area (Å²) in [6.07, 6.45) is 0.586. The van der Waals surface area contributed by atoms with Crippen LogP contribution in [0.15, 0.2) is 22.7 Å². The predicted octanol–water partition coefficient (Wildman–Crippen LogP) is 2.54. The largest absolute Gasteiger partial charge is 0.428 e. The van der Waals surface area contributed by atoms with Crippen LogP contribution in [0.4, 0.5) is 4.39 Å². The van der Waals surface area contributed by atoms with E-state index in [1.165, 1.54) is 12.1 Å². The third-order valence-electron chi connectivity index (χ3n) is 1.37. The minimum Gasteiger partial charge on any atom is -0.428 e. The topological polar surface area (TPSA) is 56.9 Å². The van der Waals surface area contributed by atoms with Crippen molar-refractivity contribution >= 4 is 28.2 Å². The van der Waals surface area contributed by atoms with E-state index in [1.54, 1.807) is 6.07 Å². The van der Waals surface area contributed by atoms with Gasteiger partial charge in [0, 0.05) is 0 Å². The Kier molecular flexibility index (Phi) is 3.13. The Balaban J connectivity index is 3.07. The molecule has 2 N–H and O–H groups in total. The van der Waals surface area contributed by atoms with Gasteiger partial charge in [-0.25, -0.2) is 4.39 Å². The van der Waals surface area contributed by atoms with Crippen molar-refractivity contribution in [2.45, 2.75) is 0 Å². The van der Waals surface area contributed by atoms with Crippen molar-refractivity contribution < 1.29 is 9.13 Å². The van der Waals surface area contributed by atoms with Crippen LogP contribution in [0.1, 0.15) is 5.56 Å². The number of rotatable bonds is 2. The molecule has 3 nitrogen and oxygen atoms in total. The first kappa shape index (κ1) is 9.85. The average Bonchev–Trinajstić information content (AvgIpc) is 2.10. The Morgan fingerprint density at radius 3 is 2.85 bits per heavy atom. The van der Waals surface area contributed by atoms with Crippen molar-refractivity contribution in [3.05, 3.63) is 34.1 Å². The van der Waals surface area contributed by atoms with Gasteiger partial charge in [0.2, 0.25) is 5.90 Å². The number of halogens is 2. The van der Waals surface area contributed by atoms with E-state index in [9.17, 15) is 4.39 Å². The summed E-state index contributed by atoms with van der Waals surface area (Å²) in [5, 5.41) is 13.8. The van der Waals surface area contributed by atoms with Crippen molar-refractivity contribution in [1.29, 1.82) is 10.8 Å². The van der Waals surface area contributed by atoms with Crippen LogP contribution >= 0.6 is 15.9 Å². The fourth-order valence-electron chi connectivity index (χ4n) is 0.802. The maximum atomic E-state index is 13.2. The summed E-state index contributed by atoms with van der Waals surface area (Å²) in [4.78, 5) is 0. The Morgan fingerprint density at radius 2 is 2.23 bits per heavy atom. The summed E-state index contributed by atoms with van der Waals surface area (Å²) < 4.78 is 17.9. The smallest absolute Gasteiger partial charge is 0.223 e. The lowest BCUT2D eigenvalue weighted by molar-refractivity contribution is 0.548. The first-order valence-corrected chi connectivity index (χ1v) is 4.14. The SMILES string of the molecule is N=COC(=N)c1cccc(Br)c1F. The Bertz CT molecular complexity index is 354. The summed E-state index contributed by atoms with van der Waals surface area (Å²) in [5.74, 6) is -0.942. The molecule has 0 radical (unpaired) electrons. The number of ether oxygens (including phenoxy) is 1. The number of nitrogens with one attached hydrogen (secondary N) is 2. The highest BCUT2D eigenvalue weighted by molar-refractivity contribution is 9.10. The zero-order chi connectivity index (χ0) is 9.84. The molecule has 5 heteroatoms. The van der Waals surface area contributed by atoms with Gasteiger partial charge in [-0.2, -0.15) is 0 Å². The molecule has 0 bridgehead atoms. The maximum absolute atomic E-state index is 13.2. The van der Waals surface area contributed by atoms with Gasteiger partial charge in [-0.15, -0.1) is 0 Å². The molecule has 0 heterocycles. The van der Waals surface area contributed by atoms with Crippen LogP contribution in [0.2, 0.25) is 0 Å². The Hall–Kier alpha value is -1.23. The van der Waals surface area contributed by atoms with Gasteiger partial charge in [0.15, 0.2) is 6.40 Å². The molecular formula is C8H6BrFN2O. The van der Waals surface area contributed by atoms with Gasteiger partial charge in [-0.05, 0) is 28.1 Å². The molecule has 1 rings (SSSR count). The van der Waals surface area contributed by atoms with E-state index >= 15 is 0 Å². The minimum absolute atomic E-state index is 0.0258. The molecule has 0 aliphatic carbocycles. The van der Waals surface area contributed by atoms with Gasteiger partial charge in [-0.3, -0.25) is 10.8 Å². The molecule has 0 unspecified atom stereocenters. The normalized spacial score (nSPS) is 9.38. The maximum Gasteiger partial charge on any atom is 0.223 e. The molecule has 0 saturated heterocycles. The lowest BCUT2D eigenvalue weighted by Gasteiger charge is -2.03. The molecular weight excluding hydrogens is 239 g/mol. The molecule has 0 atom stereocenters. The van der Waals surface area contributed by atoms with E-state index in [2.05, 4.69) is 20.7 Å². The highest BCUT2D eigenvalue weighted by atomic mass is 79.9. The van der Waals surface area contributed by atoms with E-state index < -0.39 is 5.82 Å². The molecule has 0 amide bonds. The number of benzene rings is 1. The van der Waals surface area contributed by atoms with Gasteiger partial charge < -0.3 is 4.74 Å². The van der Waals surface area contributed by atoms with Crippen LogP contribution in [0.25, 0.3) is 0 Å². The minimum atomic E-state index is -0.561. The van der Waals surface area contributed by atoms with Gasteiger partial charge in [0.1, 0.15) is 5.82 Å². The highest BCUT2D eigenvalue weighted by Gasteiger charge is 2.10. The number of hydrogen-bond acceptors (Lipinski definition) is 3. The van der Waals surface area contributed by atoms with Crippen molar-refractivity contribution in [3.8, 4) is 0 Å². The second-order valence-corrected chi connectivity index (χ2v) is 3.02. The summed E-state index contributed by atoms with van der Waals surface area (Å²) in [6, 6.07) is 4.52. The highest BCUT2D eigenvalue weighted by Crippen LogP contribution is 2.18. The third-order valence-corrected chi connectivity index (χ3v) is 1.99. The van der Waals surface area contributed by atoms with Crippen molar-refractivity contribution in [2.24, 2.45) is 0 Å². The molecule has 1 aromatic carbocycles. The standard InChI is InChI=1S/C8H6BrFN2O/c9-6-3-1-2-5(7(6)10)8(12)13-4-11/h1-4,11-12H. The van der Waals surface area contributed by atoms with Gasteiger partial charge in [-0.1, -0.05) is 6.07 Å². The summed E-state index contributed by atoms with van der Waals surface area (Å²) in [5.41, 5.74) is 0.0258. The van der Waals surface area contributed by atoms with Crippen LogP contribution in [-0.4, -0.2) is 12.3 Å². The molecule has 1 aromatic rings. The molecule has 68 valence electrons. The first-order valence-electron chi connectivity index (χ1n) is 3.35. The zero-order valence-electron chi connectivity index (χ0n) is 6.47. The van der Waals surface area contributed by atoms with E-state index in [0.717, 1.165) is 0 Å². The molecule has 0 aliphatic heterocycles. The molecule has 0 fully saturated rings. The van der Waals surface area contributed by atoms with Crippen molar-refractivity contribution in [1.82, 2.24) is 0 Å². The average molecular weight is 245 g/mol. The van der Waals surface area contributed by atoms with Gasteiger partial charge in [0.25, 0.3) is 0 Å². The number of hydrogen-bond donors (Lipinski definition) is 2.